The van der Waals surface area contributed by atoms with Gasteiger partial charge in [0.1, 0.15) is 0 Å². The zero-order valence-corrected chi connectivity index (χ0v) is 4.24. The molecule has 0 aliphatic rings. The number of hydrogen-bond acceptors (Lipinski definition) is 0. The van der Waals surface area contributed by atoms with E-state index >= 15 is 0 Å². The van der Waals surface area contributed by atoms with E-state index in [1.165, 1.54) is 0 Å². The third-order valence-electron chi connectivity index (χ3n) is 0. The molecule has 4 heteroatoms. The maximum atomic E-state index is 0. The van der Waals surface area contributed by atoms with Crippen molar-refractivity contribution in [3.8, 4) is 0 Å². The number of rotatable bonds is 0. The van der Waals surface area contributed by atoms with E-state index in [4.69, 9.17) is 0 Å². The molecule has 0 heterocycles. The molecule has 0 aromatic rings. The van der Waals surface area contributed by atoms with Crippen LogP contribution in [0.5, 0.6) is 0 Å². The van der Waals surface area contributed by atoms with Gasteiger partial charge in [0.2, 0.25) is 0 Å². The normalized spacial score (nSPS) is 0. The Morgan fingerprint density at radius 3 is 0.500 bits per heavy atom. The molecule has 1 radical (unpaired) electrons. The largest absolute Gasteiger partial charge is 1.00 e. The van der Waals surface area contributed by atoms with Crippen molar-refractivity contribution in [3.63, 3.8) is 0 Å². The van der Waals surface area contributed by atoms with Crippen LogP contribution in [-0.2, 0) is 0 Å². The predicted molar refractivity (Wildman–Crippen MR) is 0 cm³/mol. The van der Waals surface area contributed by atoms with Gasteiger partial charge in [0.05, 0.1) is 0 Å². The summed E-state index contributed by atoms with van der Waals surface area (Å²) in [6.07, 6.45) is 0. The molecule has 0 saturated carbocycles. The third-order valence-corrected chi connectivity index (χ3v) is 0. The summed E-state index contributed by atoms with van der Waals surface area (Å²) in [5, 5.41) is 0. The van der Waals surface area contributed by atoms with E-state index in [0.29, 0.717) is 0 Å². The fourth-order valence-electron chi connectivity index (χ4n) is 0. The molecule has 0 saturated heterocycles. The van der Waals surface area contributed by atoms with E-state index in [1.807, 2.05) is 0 Å². The maximum absolute atomic E-state index is 0. The average molecular weight is 304 g/mol. The minimum Gasteiger partial charge on any atom is -1.00 e. The molecule has 33 valence electrons. The van der Waals surface area contributed by atoms with Crippen LogP contribution in [0.2, 0.25) is 0 Å². The first-order valence-corrected chi connectivity index (χ1v) is 0. The van der Waals surface area contributed by atoms with Crippen molar-refractivity contribution in [2.45, 2.75) is 0 Å². The quantitative estimate of drug-likeness (QED) is 0.417. The Morgan fingerprint density at radius 2 is 0.500 bits per heavy atom. The Kier molecular flexibility index (Phi) is 1.16. The van der Waals surface area contributed by atoms with E-state index in [2.05, 4.69) is 0 Å². The van der Waals surface area contributed by atoms with Gasteiger partial charge in [-0.05, 0) is 0 Å². The van der Waals surface area contributed by atoms with Crippen molar-refractivity contribution < 1.29 is 14.1 Å². The molecule has 0 bridgehead atoms. The zero-order chi connectivity index (χ0) is 0. The first-order chi connectivity index (χ1) is 0. The van der Waals surface area contributed by atoms with Gasteiger partial charge in [-0.25, -0.2) is 0 Å². The summed E-state index contributed by atoms with van der Waals surface area (Å²) >= 11 is 0. The Labute approximate surface area is 15.6 Å². The van der Waals surface area contributed by atoms with Gasteiger partial charge in [0.25, 0.3) is 0 Å². The van der Waals surface area contributed by atoms with Crippen molar-refractivity contribution in [2.24, 2.45) is 0 Å². The second kappa shape index (κ2) is 0.763. The molecule has 0 spiro atoms. The topological polar surface area (TPSA) is 0 Å². The van der Waals surface area contributed by atoms with Crippen LogP contribution in [0.25, 0.3) is 0 Å². The summed E-state index contributed by atoms with van der Waals surface area (Å²) in [5.74, 6) is 0. The number of halogens is 3. The van der Waals surface area contributed by atoms with Gasteiger partial charge in [-0.3, -0.25) is 0 Å². The summed E-state index contributed by atoms with van der Waals surface area (Å²) in [4.78, 5) is 0. The smallest absolute Gasteiger partial charge is 0 e. The van der Waals surface area contributed by atoms with Crippen molar-refractivity contribution in [2.75, 3.05) is 0 Å². The minimum atomic E-state index is 0. The maximum Gasteiger partial charge on any atom is 0 e. The standard InChI is InChI=1S/Bk.3FH/h;3*1H/p-3. The van der Waals surface area contributed by atoms with Gasteiger partial charge in [0.15, 0.2) is 0 Å². The summed E-state index contributed by atoms with van der Waals surface area (Å²) < 4.78 is 0. The van der Waals surface area contributed by atoms with E-state index in [1.54, 1.807) is 0 Å². The van der Waals surface area contributed by atoms with Crippen LogP contribution >= 0.6 is 0 Å². The molecule has 0 unspecified atom stereocenters. The Bertz CT molecular complexity index is 3.25. The molecule has 0 atom stereocenters. The average Bonchev–Trinajstić information content (AvgIpc) is 0. The van der Waals surface area contributed by atoms with E-state index in [0.717, 1.165) is 0 Å². The van der Waals surface area contributed by atoms with Crippen LogP contribution in [0, 0.1) is 0 Å². The van der Waals surface area contributed by atoms with Crippen LogP contribution in [0.4, 0.5) is 0 Å². The molecule has 0 rings (SSSR count). The van der Waals surface area contributed by atoms with Gasteiger partial charge in [-0.1, -0.05) is 0 Å². The molecule has 0 fully saturated rings. The molecule has 0 amide bonds. The SMILES string of the molecule is [Bk].[F-].[F-].[F-]. The summed E-state index contributed by atoms with van der Waals surface area (Å²) in [6, 6.07) is 0. The molecule has 4 heavy (non-hydrogen) atoms. The van der Waals surface area contributed by atoms with Crippen LogP contribution in [0.1, 0.15) is 0 Å². The fraction of sp³-hybridized carbons (Fsp3) is 0. The molecule has 0 aliphatic carbocycles. The van der Waals surface area contributed by atoms with Gasteiger partial charge in [-0.15, -0.1) is 0 Å². The minimum absolute atomic E-state index is 0. The Hall–Kier alpha value is -1.21. The summed E-state index contributed by atoms with van der Waals surface area (Å²) in [6.45, 7) is 0. The zero-order valence-electron chi connectivity index (χ0n) is 1.47. The predicted octanol–water partition coefficient (Wildman–Crippen LogP) is -8.99. The molecule has 0 aromatic carbocycles. The van der Waals surface area contributed by atoms with Crippen LogP contribution in [-0.4, -0.2) is 0 Å². The Morgan fingerprint density at radius 1 is 0.500 bits per heavy atom. The molecular weight excluding hydrogens is 304 g/mol. The van der Waals surface area contributed by atoms with Crippen LogP contribution in [0.15, 0.2) is 0 Å². The van der Waals surface area contributed by atoms with E-state index in [9.17, 15) is 0 Å². The van der Waals surface area contributed by atoms with E-state index < -0.39 is 0 Å². The number of hydrogen-bond donors (Lipinski definition) is 0. The van der Waals surface area contributed by atoms with Crippen molar-refractivity contribution in [3.05, 3.63) is 0 Å². The van der Waals surface area contributed by atoms with E-state index in [-0.39, 0.29) is 14.1 Å². The van der Waals surface area contributed by atoms with Crippen LogP contribution < -0.4 is 14.1 Å². The van der Waals surface area contributed by atoms with Crippen molar-refractivity contribution in [1.82, 2.24) is 0 Å². The molecular formula is BkF3-3. The van der Waals surface area contributed by atoms with Gasteiger partial charge >= 0.3 is 0 Å². The molecule has 0 aliphatic heterocycles. The van der Waals surface area contributed by atoms with Crippen molar-refractivity contribution in [1.29, 1.82) is 0 Å². The second-order valence-electron chi connectivity index (χ2n) is 0. The first-order valence-electron chi connectivity index (χ1n) is 0. The second-order valence-corrected chi connectivity index (χ2v) is 0. The van der Waals surface area contributed by atoms with Crippen molar-refractivity contribution >= 4 is 0 Å². The fourth-order valence-corrected chi connectivity index (χ4v) is 0. The monoisotopic (exact) mass is 304 g/mol. The van der Waals surface area contributed by atoms with Crippen LogP contribution in [0.3, 0.4) is 0 Å². The van der Waals surface area contributed by atoms with Gasteiger partial charge < -0.3 is 14.1 Å². The summed E-state index contributed by atoms with van der Waals surface area (Å²) in [7, 11) is 0. The first kappa shape index (κ1) is 6.11. The Balaban J connectivity index is 0. The van der Waals surface area contributed by atoms with Gasteiger partial charge in [0, 0.05) is 0 Å². The third kappa shape index (κ3) is 0.0238. The molecule has 0 aromatic heterocycles. The molecule has 0 N–H and O–H groups in total. The molecule has 0 nitrogen and oxygen atoms in total. The summed E-state index contributed by atoms with van der Waals surface area (Å²) in [5.41, 5.74) is 0. The van der Waals surface area contributed by atoms with Gasteiger partial charge in [-0.2, -0.15) is 0 Å².